The first-order valence-electron chi connectivity index (χ1n) is 4.49. The van der Waals surface area contributed by atoms with Crippen LogP contribution in [-0.4, -0.2) is 10.9 Å². The van der Waals surface area contributed by atoms with Crippen molar-refractivity contribution in [3.05, 3.63) is 29.1 Å². The first-order chi connectivity index (χ1) is 6.83. The number of amides is 1. The normalized spacial score (nSPS) is 13.1. The van der Waals surface area contributed by atoms with Gasteiger partial charge in [-0.15, -0.1) is 0 Å². The van der Waals surface area contributed by atoms with Crippen molar-refractivity contribution in [2.45, 2.75) is 19.3 Å². The number of pyridine rings is 1. The van der Waals surface area contributed by atoms with Gasteiger partial charge in [0.1, 0.15) is 0 Å². The van der Waals surface area contributed by atoms with Crippen LogP contribution in [-0.2, 0) is 12.8 Å². The minimum absolute atomic E-state index is 0.326. The molecule has 1 aliphatic rings. The molecule has 0 spiro atoms. The van der Waals surface area contributed by atoms with Crippen molar-refractivity contribution in [3.63, 3.8) is 0 Å². The van der Waals surface area contributed by atoms with E-state index in [9.17, 15) is 4.79 Å². The molecule has 1 heterocycles. The third-order valence-electron chi connectivity index (χ3n) is 2.40. The Kier molecular flexibility index (Phi) is 2.15. The molecule has 0 radical (unpaired) electrons. The molecule has 0 aromatic carbocycles. The van der Waals surface area contributed by atoms with Crippen molar-refractivity contribution in [2.75, 3.05) is 0 Å². The number of nitrogens with zero attached hydrogens (tertiary/aromatic N) is 2. The number of aromatic nitrogens is 1. The van der Waals surface area contributed by atoms with Crippen LogP contribution in [0.15, 0.2) is 12.3 Å². The summed E-state index contributed by atoms with van der Waals surface area (Å²) in [7, 11) is 0. The molecular formula is C10H9N3O. The number of hydrogen-bond donors (Lipinski definition) is 1. The topological polar surface area (TPSA) is 65.8 Å². The van der Waals surface area contributed by atoms with Crippen molar-refractivity contribution in [1.29, 1.82) is 5.26 Å². The van der Waals surface area contributed by atoms with Crippen LogP contribution in [0.3, 0.4) is 0 Å². The predicted octanol–water partition coefficient (Wildman–Crippen LogP) is 0.781. The molecule has 2 rings (SSSR count). The highest BCUT2D eigenvalue weighted by molar-refractivity contribution is 5.96. The van der Waals surface area contributed by atoms with Crippen LogP contribution in [0.25, 0.3) is 0 Å². The second-order valence-electron chi connectivity index (χ2n) is 3.20. The summed E-state index contributed by atoms with van der Waals surface area (Å²) in [5, 5.41) is 10.5. The van der Waals surface area contributed by atoms with Gasteiger partial charge in [0, 0.05) is 17.5 Å². The Morgan fingerprint density at radius 3 is 3.21 bits per heavy atom. The summed E-state index contributed by atoms with van der Waals surface area (Å²) in [4.78, 5) is 15.6. The number of rotatable bonds is 1. The fraction of sp³-hybridized carbons (Fsp3) is 0.300. The molecule has 0 bridgehead atoms. The van der Waals surface area contributed by atoms with Gasteiger partial charge in [-0.3, -0.25) is 15.1 Å². The number of fused-ring (bicyclic) bond motifs is 1. The van der Waals surface area contributed by atoms with Gasteiger partial charge in [-0.25, -0.2) is 0 Å². The molecule has 0 atom stereocenters. The third-order valence-corrected chi connectivity index (χ3v) is 2.40. The van der Waals surface area contributed by atoms with E-state index in [2.05, 4.69) is 10.3 Å². The van der Waals surface area contributed by atoms with Crippen LogP contribution in [0.5, 0.6) is 0 Å². The number of carbonyl (C=O) groups excluding carboxylic acids is 1. The average molecular weight is 187 g/mol. The lowest BCUT2D eigenvalue weighted by Crippen LogP contribution is -2.19. The number of aryl methyl sites for hydroxylation is 1. The highest BCUT2D eigenvalue weighted by Gasteiger charge is 2.19. The van der Waals surface area contributed by atoms with Gasteiger partial charge >= 0.3 is 0 Å². The second-order valence-corrected chi connectivity index (χ2v) is 3.20. The Hall–Kier alpha value is -1.89. The summed E-state index contributed by atoms with van der Waals surface area (Å²) in [6.07, 6.45) is 6.12. The SMILES string of the molecule is N#CNC(=O)c1ccnc2c1CCC2. The van der Waals surface area contributed by atoms with E-state index in [1.54, 1.807) is 18.5 Å². The summed E-state index contributed by atoms with van der Waals surface area (Å²) in [5.74, 6) is -0.326. The van der Waals surface area contributed by atoms with Crippen molar-refractivity contribution in [3.8, 4) is 6.19 Å². The minimum atomic E-state index is -0.326. The van der Waals surface area contributed by atoms with Crippen molar-refractivity contribution in [2.24, 2.45) is 0 Å². The molecule has 1 aliphatic carbocycles. The number of carbonyl (C=O) groups is 1. The van der Waals surface area contributed by atoms with Crippen molar-refractivity contribution in [1.82, 2.24) is 10.3 Å². The van der Waals surface area contributed by atoms with Crippen LogP contribution in [0.4, 0.5) is 0 Å². The standard InChI is InChI=1S/C10H9N3O/c11-6-13-10(14)8-4-5-12-9-3-1-2-7(8)9/h4-5H,1-3H2,(H,13,14). The molecule has 70 valence electrons. The van der Waals surface area contributed by atoms with Gasteiger partial charge in [0.25, 0.3) is 5.91 Å². The van der Waals surface area contributed by atoms with Gasteiger partial charge < -0.3 is 0 Å². The van der Waals surface area contributed by atoms with Crippen LogP contribution < -0.4 is 5.32 Å². The molecule has 1 aromatic heterocycles. The van der Waals surface area contributed by atoms with Crippen LogP contribution in [0.1, 0.15) is 28.0 Å². The van der Waals surface area contributed by atoms with Gasteiger partial charge in [0.2, 0.25) is 0 Å². The van der Waals surface area contributed by atoms with Gasteiger partial charge in [0.05, 0.1) is 0 Å². The lowest BCUT2D eigenvalue weighted by Gasteiger charge is -2.04. The molecule has 0 unspecified atom stereocenters. The van der Waals surface area contributed by atoms with E-state index in [0.29, 0.717) is 5.56 Å². The fourth-order valence-electron chi connectivity index (χ4n) is 1.79. The van der Waals surface area contributed by atoms with E-state index >= 15 is 0 Å². The number of hydrogen-bond acceptors (Lipinski definition) is 3. The summed E-state index contributed by atoms with van der Waals surface area (Å²) in [6, 6.07) is 1.66. The van der Waals surface area contributed by atoms with E-state index in [-0.39, 0.29) is 5.91 Å². The second kappa shape index (κ2) is 3.46. The molecule has 1 aromatic rings. The Morgan fingerprint density at radius 1 is 1.57 bits per heavy atom. The maximum atomic E-state index is 11.4. The Bertz CT molecular complexity index is 420. The number of nitriles is 1. The van der Waals surface area contributed by atoms with E-state index in [1.807, 2.05) is 0 Å². The van der Waals surface area contributed by atoms with Crippen molar-refractivity contribution < 1.29 is 4.79 Å². The Morgan fingerprint density at radius 2 is 2.43 bits per heavy atom. The quantitative estimate of drug-likeness (QED) is 0.522. The third kappa shape index (κ3) is 1.33. The maximum Gasteiger partial charge on any atom is 0.264 e. The molecule has 0 fully saturated rings. The molecule has 14 heavy (non-hydrogen) atoms. The monoisotopic (exact) mass is 187 g/mol. The summed E-state index contributed by atoms with van der Waals surface area (Å²) < 4.78 is 0. The minimum Gasteiger partial charge on any atom is -0.268 e. The smallest absolute Gasteiger partial charge is 0.264 e. The molecule has 4 heteroatoms. The van der Waals surface area contributed by atoms with Crippen LogP contribution in [0, 0.1) is 11.5 Å². The van der Waals surface area contributed by atoms with Crippen LogP contribution >= 0.6 is 0 Å². The largest absolute Gasteiger partial charge is 0.268 e. The van der Waals surface area contributed by atoms with Gasteiger partial charge in [0.15, 0.2) is 6.19 Å². The maximum absolute atomic E-state index is 11.4. The average Bonchev–Trinajstić information content (AvgIpc) is 2.65. The Balaban J connectivity index is 2.40. The fourth-order valence-corrected chi connectivity index (χ4v) is 1.79. The van der Waals surface area contributed by atoms with Gasteiger partial charge in [-0.1, -0.05) is 0 Å². The molecule has 1 N–H and O–H groups in total. The van der Waals surface area contributed by atoms with E-state index in [1.165, 1.54) is 0 Å². The van der Waals surface area contributed by atoms with Crippen LogP contribution in [0.2, 0.25) is 0 Å². The zero-order valence-electron chi connectivity index (χ0n) is 7.58. The molecule has 0 saturated heterocycles. The molecule has 1 amide bonds. The molecular weight excluding hydrogens is 178 g/mol. The highest BCUT2D eigenvalue weighted by Crippen LogP contribution is 2.22. The lowest BCUT2D eigenvalue weighted by atomic mass is 10.1. The molecule has 4 nitrogen and oxygen atoms in total. The number of nitrogens with one attached hydrogen (secondary N) is 1. The Labute approximate surface area is 81.6 Å². The van der Waals surface area contributed by atoms with Gasteiger partial charge in [-0.2, -0.15) is 5.26 Å². The summed E-state index contributed by atoms with van der Waals surface area (Å²) in [5.41, 5.74) is 2.59. The van der Waals surface area contributed by atoms with E-state index in [4.69, 9.17) is 5.26 Å². The lowest BCUT2D eigenvalue weighted by molar-refractivity contribution is 0.0972. The zero-order chi connectivity index (χ0) is 9.97. The van der Waals surface area contributed by atoms with Gasteiger partial charge in [-0.05, 0) is 30.9 Å². The van der Waals surface area contributed by atoms with E-state index in [0.717, 1.165) is 30.5 Å². The first-order valence-corrected chi connectivity index (χ1v) is 4.49. The summed E-state index contributed by atoms with van der Waals surface area (Å²) >= 11 is 0. The molecule has 0 saturated carbocycles. The first kappa shape index (κ1) is 8.70. The zero-order valence-corrected chi connectivity index (χ0v) is 7.58. The summed E-state index contributed by atoms with van der Waals surface area (Å²) in [6.45, 7) is 0. The molecule has 0 aliphatic heterocycles. The highest BCUT2D eigenvalue weighted by atomic mass is 16.1. The predicted molar refractivity (Wildman–Crippen MR) is 49.3 cm³/mol. The van der Waals surface area contributed by atoms with E-state index < -0.39 is 0 Å². The van der Waals surface area contributed by atoms with Crippen molar-refractivity contribution >= 4 is 5.91 Å².